The minimum atomic E-state index is -0.385. The molecule has 1 N–H and O–H groups in total. The lowest BCUT2D eigenvalue weighted by molar-refractivity contribution is 0.441. The topological polar surface area (TPSA) is 34.2 Å². The predicted octanol–water partition coefficient (Wildman–Crippen LogP) is 3.83. The smallest absolute Gasteiger partial charge is 0.165 e. The highest BCUT2D eigenvalue weighted by Crippen LogP contribution is 2.25. The van der Waals surface area contributed by atoms with E-state index in [4.69, 9.17) is 4.74 Å². The number of halogens is 1. The molecular formula is C14H15FN2O. The number of nitrogens with one attached hydrogen (secondary N) is 1. The Balaban J connectivity index is 2.12. The summed E-state index contributed by atoms with van der Waals surface area (Å²) in [7, 11) is 0. The number of benzene rings is 1. The summed E-state index contributed by atoms with van der Waals surface area (Å²) >= 11 is 0. The molecule has 0 radical (unpaired) electrons. The number of hydrogen-bond donors (Lipinski definition) is 1. The first-order chi connectivity index (χ1) is 8.79. The zero-order valence-corrected chi connectivity index (χ0v) is 10.2. The second-order valence-corrected chi connectivity index (χ2v) is 3.87. The van der Waals surface area contributed by atoms with Crippen LogP contribution >= 0.6 is 0 Å². The van der Waals surface area contributed by atoms with Crippen molar-refractivity contribution in [1.82, 2.24) is 4.98 Å². The highest BCUT2D eigenvalue weighted by molar-refractivity contribution is 5.46. The van der Waals surface area contributed by atoms with Crippen molar-refractivity contribution in [1.29, 1.82) is 0 Å². The van der Waals surface area contributed by atoms with Gasteiger partial charge in [0.2, 0.25) is 0 Å². The summed E-state index contributed by atoms with van der Waals surface area (Å²) in [6.07, 6.45) is 4.30. The number of rotatable bonds is 5. The van der Waals surface area contributed by atoms with Gasteiger partial charge in [0.15, 0.2) is 11.6 Å². The second kappa shape index (κ2) is 6.00. The minimum Gasteiger partial charge on any atom is -0.453 e. The monoisotopic (exact) mass is 246 g/mol. The molecule has 0 atom stereocenters. The normalized spacial score (nSPS) is 10.1. The Morgan fingerprint density at radius 1 is 1.28 bits per heavy atom. The quantitative estimate of drug-likeness (QED) is 0.870. The highest BCUT2D eigenvalue weighted by atomic mass is 19.1. The van der Waals surface area contributed by atoms with Crippen molar-refractivity contribution in [2.75, 3.05) is 11.9 Å². The lowest BCUT2D eigenvalue weighted by Crippen LogP contribution is -2.00. The molecule has 18 heavy (non-hydrogen) atoms. The number of anilines is 1. The van der Waals surface area contributed by atoms with Gasteiger partial charge < -0.3 is 10.1 Å². The van der Waals surface area contributed by atoms with Crippen LogP contribution in [0.4, 0.5) is 10.1 Å². The Hall–Kier alpha value is -2.10. The molecule has 0 fully saturated rings. The van der Waals surface area contributed by atoms with Gasteiger partial charge in [-0.3, -0.25) is 4.98 Å². The van der Waals surface area contributed by atoms with Crippen LogP contribution < -0.4 is 10.1 Å². The van der Waals surface area contributed by atoms with Gasteiger partial charge in [-0.2, -0.15) is 0 Å². The van der Waals surface area contributed by atoms with Gasteiger partial charge in [-0.1, -0.05) is 19.1 Å². The molecule has 3 nitrogen and oxygen atoms in total. The fourth-order valence-electron chi connectivity index (χ4n) is 1.50. The molecule has 2 aromatic rings. The zero-order valence-electron chi connectivity index (χ0n) is 10.2. The van der Waals surface area contributed by atoms with Crippen LogP contribution in [0.25, 0.3) is 0 Å². The number of para-hydroxylation sites is 1. The van der Waals surface area contributed by atoms with Gasteiger partial charge in [0, 0.05) is 12.6 Å². The van der Waals surface area contributed by atoms with Crippen molar-refractivity contribution in [2.24, 2.45) is 0 Å². The van der Waals surface area contributed by atoms with Crippen molar-refractivity contribution < 1.29 is 9.13 Å². The first-order valence-corrected chi connectivity index (χ1v) is 5.91. The molecule has 0 aliphatic carbocycles. The summed E-state index contributed by atoms with van der Waals surface area (Å²) in [6, 6.07) is 8.10. The molecular weight excluding hydrogens is 231 g/mol. The first kappa shape index (κ1) is 12.4. The third kappa shape index (κ3) is 3.20. The van der Waals surface area contributed by atoms with E-state index in [1.165, 1.54) is 6.07 Å². The summed E-state index contributed by atoms with van der Waals surface area (Å²) in [4.78, 5) is 4.05. The average Bonchev–Trinajstić information content (AvgIpc) is 2.40. The minimum absolute atomic E-state index is 0.201. The Labute approximate surface area is 106 Å². The van der Waals surface area contributed by atoms with E-state index in [2.05, 4.69) is 17.2 Å². The van der Waals surface area contributed by atoms with Gasteiger partial charge in [0.1, 0.15) is 5.75 Å². The van der Waals surface area contributed by atoms with E-state index >= 15 is 0 Å². The predicted molar refractivity (Wildman–Crippen MR) is 69.5 cm³/mol. The molecule has 0 amide bonds. The fraction of sp³-hybridized carbons (Fsp3) is 0.214. The van der Waals surface area contributed by atoms with E-state index in [0.717, 1.165) is 18.7 Å². The van der Waals surface area contributed by atoms with E-state index < -0.39 is 0 Å². The van der Waals surface area contributed by atoms with Crippen LogP contribution in [-0.2, 0) is 0 Å². The van der Waals surface area contributed by atoms with Gasteiger partial charge in [0.25, 0.3) is 0 Å². The molecule has 0 bridgehead atoms. The molecule has 1 aromatic carbocycles. The Kier molecular flexibility index (Phi) is 4.12. The lowest BCUT2D eigenvalue weighted by Gasteiger charge is -2.08. The van der Waals surface area contributed by atoms with Gasteiger partial charge >= 0.3 is 0 Å². The number of ether oxygens (including phenoxy) is 1. The summed E-state index contributed by atoms with van der Waals surface area (Å²) in [5.41, 5.74) is 0.866. The zero-order chi connectivity index (χ0) is 12.8. The van der Waals surface area contributed by atoms with Crippen LogP contribution in [0.1, 0.15) is 13.3 Å². The SMILES string of the molecule is CCCNc1cncc(Oc2ccccc2F)c1. The van der Waals surface area contributed by atoms with Crippen LogP contribution in [-0.4, -0.2) is 11.5 Å². The summed E-state index contributed by atoms with van der Waals surface area (Å²) in [5.74, 6) is 0.331. The summed E-state index contributed by atoms with van der Waals surface area (Å²) in [6.45, 7) is 2.95. The van der Waals surface area contributed by atoms with Crippen molar-refractivity contribution in [3.05, 3.63) is 48.5 Å². The second-order valence-electron chi connectivity index (χ2n) is 3.87. The van der Waals surface area contributed by atoms with E-state index in [1.807, 2.05) is 0 Å². The Morgan fingerprint density at radius 3 is 2.89 bits per heavy atom. The van der Waals surface area contributed by atoms with Gasteiger partial charge in [-0.05, 0) is 18.6 Å². The van der Waals surface area contributed by atoms with Crippen LogP contribution in [0, 0.1) is 5.82 Å². The van der Waals surface area contributed by atoms with Crippen molar-refractivity contribution in [3.8, 4) is 11.5 Å². The first-order valence-electron chi connectivity index (χ1n) is 5.91. The molecule has 1 aromatic heterocycles. The Morgan fingerprint density at radius 2 is 2.11 bits per heavy atom. The molecule has 0 saturated heterocycles. The van der Waals surface area contributed by atoms with E-state index in [0.29, 0.717) is 5.75 Å². The lowest BCUT2D eigenvalue weighted by atomic mass is 10.3. The molecule has 2 rings (SSSR count). The van der Waals surface area contributed by atoms with Gasteiger partial charge in [-0.15, -0.1) is 0 Å². The molecule has 4 heteroatoms. The molecule has 1 heterocycles. The van der Waals surface area contributed by atoms with Crippen molar-refractivity contribution >= 4 is 5.69 Å². The Bertz CT molecular complexity index is 517. The van der Waals surface area contributed by atoms with Crippen LogP contribution in [0.3, 0.4) is 0 Å². The third-order valence-corrected chi connectivity index (χ3v) is 2.36. The van der Waals surface area contributed by atoms with E-state index in [9.17, 15) is 4.39 Å². The van der Waals surface area contributed by atoms with E-state index in [-0.39, 0.29) is 11.6 Å². The van der Waals surface area contributed by atoms with Crippen molar-refractivity contribution in [3.63, 3.8) is 0 Å². The molecule has 0 saturated carbocycles. The number of hydrogen-bond acceptors (Lipinski definition) is 3. The molecule has 0 spiro atoms. The van der Waals surface area contributed by atoms with Gasteiger partial charge in [0.05, 0.1) is 18.1 Å². The fourth-order valence-corrected chi connectivity index (χ4v) is 1.50. The maximum atomic E-state index is 13.4. The molecule has 94 valence electrons. The number of pyridine rings is 1. The maximum Gasteiger partial charge on any atom is 0.165 e. The maximum absolute atomic E-state index is 13.4. The molecule has 0 aliphatic rings. The summed E-state index contributed by atoms with van der Waals surface area (Å²) in [5, 5.41) is 3.20. The standard InChI is InChI=1S/C14H15FN2O/c1-2-7-17-11-8-12(10-16-9-11)18-14-6-4-3-5-13(14)15/h3-6,8-10,17H,2,7H2,1H3. The average molecular weight is 246 g/mol. The van der Waals surface area contributed by atoms with Crippen LogP contribution in [0.5, 0.6) is 11.5 Å². The van der Waals surface area contributed by atoms with Crippen molar-refractivity contribution in [2.45, 2.75) is 13.3 Å². The van der Waals surface area contributed by atoms with E-state index in [1.54, 1.807) is 36.7 Å². The molecule has 0 unspecified atom stereocenters. The third-order valence-electron chi connectivity index (χ3n) is 2.36. The van der Waals surface area contributed by atoms with Crippen LogP contribution in [0.2, 0.25) is 0 Å². The largest absolute Gasteiger partial charge is 0.453 e. The molecule has 0 aliphatic heterocycles. The summed E-state index contributed by atoms with van der Waals surface area (Å²) < 4.78 is 18.9. The number of nitrogens with zero attached hydrogens (tertiary/aromatic N) is 1. The van der Waals surface area contributed by atoms with Crippen LogP contribution in [0.15, 0.2) is 42.7 Å². The van der Waals surface area contributed by atoms with Gasteiger partial charge in [-0.25, -0.2) is 4.39 Å². The highest BCUT2D eigenvalue weighted by Gasteiger charge is 2.04. The number of aromatic nitrogens is 1.